The van der Waals surface area contributed by atoms with E-state index in [2.05, 4.69) is 20.8 Å². The molecule has 0 aliphatic rings. The predicted octanol–water partition coefficient (Wildman–Crippen LogP) is 3.33. The molecule has 1 heterocycles. The molecule has 0 saturated heterocycles. The number of nitrogens with one attached hydrogen (secondary N) is 2. The fourth-order valence-electron chi connectivity index (χ4n) is 2.80. The molecule has 0 bridgehead atoms. The SMILES string of the molecule is CC(C)(C)NC(=O)NC(=O)COC(=O)CSc1nnc(-c2ccc(F)cc2)n1-c1ccccc1. The Balaban J connectivity index is 1.64. The van der Waals surface area contributed by atoms with Crippen LogP contribution in [0.2, 0.25) is 0 Å². The van der Waals surface area contributed by atoms with Crippen molar-refractivity contribution in [3.05, 3.63) is 60.4 Å². The van der Waals surface area contributed by atoms with Crippen molar-refractivity contribution < 1.29 is 23.5 Å². The molecule has 0 saturated carbocycles. The maximum atomic E-state index is 13.4. The minimum absolute atomic E-state index is 0.143. The molecule has 0 atom stereocenters. The molecule has 1 aromatic heterocycles. The van der Waals surface area contributed by atoms with Crippen molar-refractivity contribution in [3.63, 3.8) is 0 Å². The van der Waals surface area contributed by atoms with Gasteiger partial charge in [-0.25, -0.2) is 9.18 Å². The maximum Gasteiger partial charge on any atom is 0.321 e. The van der Waals surface area contributed by atoms with Gasteiger partial charge in [-0.15, -0.1) is 10.2 Å². The minimum Gasteiger partial charge on any atom is -0.455 e. The lowest BCUT2D eigenvalue weighted by molar-refractivity contribution is -0.145. The molecule has 0 aliphatic heterocycles. The van der Waals surface area contributed by atoms with Crippen LogP contribution < -0.4 is 10.6 Å². The van der Waals surface area contributed by atoms with Gasteiger partial charge in [-0.1, -0.05) is 30.0 Å². The number of aromatic nitrogens is 3. The number of carbonyl (C=O) groups is 3. The van der Waals surface area contributed by atoms with Crippen LogP contribution in [0.1, 0.15) is 20.8 Å². The van der Waals surface area contributed by atoms with Gasteiger partial charge in [0, 0.05) is 16.8 Å². The lowest BCUT2D eigenvalue weighted by atomic mass is 10.1. The Kier molecular flexibility index (Phi) is 8.00. The van der Waals surface area contributed by atoms with Gasteiger partial charge >= 0.3 is 12.0 Å². The standard InChI is InChI=1S/C23H24FN5O4S/c1-23(2,3)26-21(32)25-18(30)13-33-19(31)14-34-22-28-27-20(15-9-11-16(24)12-10-15)29(22)17-7-5-4-6-8-17/h4-12H,13-14H2,1-3H3,(H2,25,26,30,32). The molecule has 178 valence electrons. The second kappa shape index (κ2) is 10.9. The zero-order valence-corrected chi connectivity index (χ0v) is 19.7. The highest BCUT2D eigenvalue weighted by Gasteiger charge is 2.19. The maximum absolute atomic E-state index is 13.4. The Morgan fingerprint density at radius 1 is 1.03 bits per heavy atom. The number of nitrogens with zero attached hydrogens (tertiary/aromatic N) is 3. The third-order valence-corrected chi connectivity index (χ3v) is 5.08. The van der Waals surface area contributed by atoms with Crippen molar-refractivity contribution in [2.75, 3.05) is 12.4 Å². The first-order valence-electron chi connectivity index (χ1n) is 10.3. The summed E-state index contributed by atoms with van der Waals surface area (Å²) < 4.78 is 20.1. The molecule has 3 rings (SSSR count). The van der Waals surface area contributed by atoms with Gasteiger partial charge in [0.1, 0.15) is 5.82 Å². The van der Waals surface area contributed by atoms with Crippen molar-refractivity contribution in [1.82, 2.24) is 25.4 Å². The highest BCUT2D eigenvalue weighted by molar-refractivity contribution is 7.99. The van der Waals surface area contributed by atoms with Gasteiger partial charge in [-0.3, -0.25) is 19.5 Å². The summed E-state index contributed by atoms with van der Waals surface area (Å²) in [5.74, 6) is -1.44. The van der Waals surface area contributed by atoms with Gasteiger partial charge in [0.2, 0.25) is 0 Å². The molecule has 3 amide bonds. The predicted molar refractivity (Wildman–Crippen MR) is 125 cm³/mol. The van der Waals surface area contributed by atoms with E-state index in [9.17, 15) is 18.8 Å². The minimum atomic E-state index is -0.744. The van der Waals surface area contributed by atoms with Crippen LogP contribution in [-0.4, -0.2) is 50.6 Å². The van der Waals surface area contributed by atoms with E-state index >= 15 is 0 Å². The highest BCUT2D eigenvalue weighted by atomic mass is 32.2. The Labute approximate surface area is 200 Å². The zero-order valence-electron chi connectivity index (χ0n) is 18.9. The second-order valence-corrected chi connectivity index (χ2v) is 9.13. The summed E-state index contributed by atoms with van der Waals surface area (Å²) in [7, 11) is 0. The van der Waals surface area contributed by atoms with Gasteiger partial charge in [0.05, 0.1) is 5.75 Å². The summed E-state index contributed by atoms with van der Waals surface area (Å²) in [4.78, 5) is 35.7. The number of hydrogen-bond acceptors (Lipinski definition) is 7. The van der Waals surface area contributed by atoms with Crippen LogP contribution in [-0.2, 0) is 14.3 Å². The van der Waals surface area contributed by atoms with Crippen molar-refractivity contribution >= 4 is 29.7 Å². The number of hydrogen-bond donors (Lipinski definition) is 2. The van der Waals surface area contributed by atoms with Crippen LogP contribution >= 0.6 is 11.8 Å². The van der Waals surface area contributed by atoms with E-state index < -0.39 is 30.1 Å². The first kappa shape index (κ1) is 24.9. The molecule has 9 nitrogen and oxygen atoms in total. The third-order valence-electron chi connectivity index (χ3n) is 4.18. The Hall–Kier alpha value is -3.73. The molecule has 0 fully saturated rings. The number of imide groups is 1. The number of benzene rings is 2. The van der Waals surface area contributed by atoms with E-state index in [0.717, 1.165) is 17.4 Å². The van der Waals surface area contributed by atoms with Crippen LogP contribution in [0.25, 0.3) is 17.1 Å². The fraction of sp³-hybridized carbons (Fsp3) is 0.261. The molecular weight excluding hydrogens is 461 g/mol. The summed E-state index contributed by atoms with van der Waals surface area (Å²) in [6, 6.07) is 14.4. The zero-order chi connectivity index (χ0) is 24.7. The van der Waals surface area contributed by atoms with Gasteiger partial charge < -0.3 is 10.1 Å². The van der Waals surface area contributed by atoms with Crippen LogP contribution in [0.15, 0.2) is 59.8 Å². The van der Waals surface area contributed by atoms with Gasteiger partial charge in [-0.05, 0) is 57.2 Å². The Morgan fingerprint density at radius 3 is 2.35 bits per heavy atom. The Morgan fingerprint density at radius 2 is 1.71 bits per heavy atom. The van der Waals surface area contributed by atoms with Crippen LogP contribution in [0, 0.1) is 5.82 Å². The molecule has 0 spiro atoms. The number of carbonyl (C=O) groups excluding carboxylic acids is 3. The molecule has 34 heavy (non-hydrogen) atoms. The van der Waals surface area contributed by atoms with E-state index in [0.29, 0.717) is 16.5 Å². The van der Waals surface area contributed by atoms with E-state index in [-0.39, 0.29) is 11.6 Å². The van der Waals surface area contributed by atoms with E-state index in [1.165, 1.54) is 12.1 Å². The average molecular weight is 486 g/mol. The number of ether oxygens (including phenoxy) is 1. The second-order valence-electron chi connectivity index (χ2n) is 8.19. The molecule has 0 aliphatic carbocycles. The molecule has 2 aromatic carbocycles. The topological polar surface area (TPSA) is 115 Å². The number of halogens is 1. The van der Waals surface area contributed by atoms with Crippen molar-refractivity contribution in [2.45, 2.75) is 31.5 Å². The summed E-state index contributed by atoms with van der Waals surface area (Å²) >= 11 is 1.07. The first-order valence-corrected chi connectivity index (χ1v) is 11.3. The normalized spacial score (nSPS) is 11.1. The quantitative estimate of drug-likeness (QED) is 0.390. The summed E-state index contributed by atoms with van der Waals surface area (Å²) in [6.07, 6.45) is 0. The lowest BCUT2D eigenvalue weighted by Crippen LogP contribution is -2.49. The third kappa shape index (κ3) is 7.14. The Bertz CT molecular complexity index is 1160. The number of rotatable bonds is 7. The molecule has 11 heteroatoms. The van der Waals surface area contributed by atoms with Crippen molar-refractivity contribution in [3.8, 4) is 17.1 Å². The van der Waals surface area contributed by atoms with Crippen LogP contribution in [0.4, 0.5) is 9.18 Å². The van der Waals surface area contributed by atoms with E-state index in [4.69, 9.17) is 4.74 Å². The number of thioether (sulfide) groups is 1. The molecule has 2 N–H and O–H groups in total. The largest absolute Gasteiger partial charge is 0.455 e. The number of amides is 3. The molecular formula is C23H24FN5O4S. The van der Waals surface area contributed by atoms with Crippen LogP contribution in [0.5, 0.6) is 0 Å². The van der Waals surface area contributed by atoms with E-state index in [1.54, 1.807) is 37.5 Å². The van der Waals surface area contributed by atoms with E-state index in [1.807, 2.05) is 30.3 Å². The average Bonchev–Trinajstić information content (AvgIpc) is 3.20. The van der Waals surface area contributed by atoms with Crippen molar-refractivity contribution in [1.29, 1.82) is 0 Å². The summed E-state index contributed by atoms with van der Waals surface area (Å²) in [6.45, 7) is 4.71. The molecule has 0 radical (unpaired) electrons. The van der Waals surface area contributed by atoms with Crippen LogP contribution in [0.3, 0.4) is 0 Å². The monoisotopic (exact) mass is 485 g/mol. The smallest absolute Gasteiger partial charge is 0.321 e. The number of urea groups is 1. The van der Waals surface area contributed by atoms with Gasteiger partial charge in [-0.2, -0.15) is 0 Å². The molecule has 0 unspecified atom stereocenters. The lowest BCUT2D eigenvalue weighted by Gasteiger charge is -2.20. The van der Waals surface area contributed by atoms with Gasteiger partial charge in [0.15, 0.2) is 17.6 Å². The first-order chi connectivity index (χ1) is 16.1. The van der Waals surface area contributed by atoms with Crippen molar-refractivity contribution in [2.24, 2.45) is 0 Å². The number of para-hydroxylation sites is 1. The summed E-state index contributed by atoms with van der Waals surface area (Å²) in [5, 5.41) is 13.5. The summed E-state index contributed by atoms with van der Waals surface area (Å²) in [5.41, 5.74) is 0.892. The highest BCUT2D eigenvalue weighted by Crippen LogP contribution is 2.28. The number of esters is 1. The van der Waals surface area contributed by atoms with Gasteiger partial charge in [0.25, 0.3) is 5.91 Å². The molecule has 3 aromatic rings. The fourth-order valence-corrected chi connectivity index (χ4v) is 3.55.